The van der Waals surface area contributed by atoms with Gasteiger partial charge in [-0.15, -0.1) is 11.3 Å². The first-order valence-electron chi connectivity index (χ1n) is 10.2. The molecule has 0 aliphatic heterocycles. The Labute approximate surface area is 174 Å². The number of carbonyl (C=O) groups excluding carboxylic acids is 2. The highest BCUT2D eigenvalue weighted by Gasteiger charge is 2.44. The summed E-state index contributed by atoms with van der Waals surface area (Å²) in [5, 5.41) is 12.9. The fraction of sp³-hybridized carbons (Fsp3) is 0.435. The van der Waals surface area contributed by atoms with Crippen molar-refractivity contribution in [3.8, 4) is 6.07 Å². The van der Waals surface area contributed by atoms with E-state index in [1.54, 1.807) is 0 Å². The zero-order valence-electron chi connectivity index (χ0n) is 16.3. The number of benzene rings is 1. The summed E-state index contributed by atoms with van der Waals surface area (Å²) in [4.78, 5) is 26.6. The molecule has 1 heterocycles. The van der Waals surface area contributed by atoms with Gasteiger partial charge in [-0.3, -0.25) is 9.59 Å². The number of ether oxygens (including phenoxy) is 1. The molecule has 6 heteroatoms. The highest BCUT2D eigenvalue weighted by atomic mass is 32.1. The molecule has 2 aromatic rings. The van der Waals surface area contributed by atoms with Crippen LogP contribution in [0.25, 0.3) is 0 Å². The van der Waals surface area contributed by atoms with Crippen molar-refractivity contribution in [2.75, 3.05) is 11.9 Å². The van der Waals surface area contributed by atoms with E-state index in [1.165, 1.54) is 16.2 Å². The molecule has 1 fully saturated rings. The van der Waals surface area contributed by atoms with E-state index in [4.69, 9.17) is 4.74 Å². The fourth-order valence-corrected chi connectivity index (χ4v) is 5.81. The third-order valence-electron chi connectivity index (χ3n) is 6.04. The topological polar surface area (TPSA) is 79.2 Å². The van der Waals surface area contributed by atoms with Crippen LogP contribution >= 0.6 is 11.3 Å². The molecule has 1 N–H and O–H groups in total. The molecule has 1 amide bonds. The largest absolute Gasteiger partial charge is 0.455 e. The maximum Gasteiger partial charge on any atom is 0.317 e. The lowest BCUT2D eigenvalue weighted by atomic mass is 9.79. The van der Waals surface area contributed by atoms with Crippen LogP contribution in [-0.2, 0) is 32.6 Å². The highest BCUT2D eigenvalue weighted by Crippen LogP contribution is 2.42. The van der Waals surface area contributed by atoms with Crippen molar-refractivity contribution in [2.24, 2.45) is 0 Å². The lowest BCUT2D eigenvalue weighted by Gasteiger charge is -2.27. The Hall–Kier alpha value is -2.65. The van der Waals surface area contributed by atoms with Gasteiger partial charge in [0, 0.05) is 4.88 Å². The Morgan fingerprint density at radius 3 is 2.55 bits per heavy atom. The smallest absolute Gasteiger partial charge is 0.317 e. The molecule has 5 nitrogen and oxygen atoms in total. The summed E-state index contributed by atoms with van der Waals surface area (Å²) in [7, 11) is 0. The Bertz CT molecular complexity index is 952. The lowest BCUT2D eigenvalue weighted by Crippen LogP contribution is -2.36. The zero-order chi connectivity index (χ0) is 20.3. The van der Waals surface area contributed by atoms with Crippen molar-refractivity contribution in [3.05, 3.63) is 51.9 Å². The standard InChI is InChI=1S/C23H24N2O3S/c24-14-18-17-10-4-5-11-19(17)29-21(18)25-20(26)15-28-22(27)23(12-6-7-13-23)16-8-2-1-3-9-16/h1-3,8-9H,4-7,10-13,15H2,(H,25,26). The number of thiophene rings is 1. The summed E-state index contributed by atoms with van der Waals surface area (Å²) in [5.74, 6) is -0.725. The van der Waals surface area contributed by atoms with Crippen LogP contribution in [0.5, 0.6) is 0 Å². The Kier molecular flexibility index (Phi) is 5.68. The van der Waals surface area contributed by atoms with Gasteiger partial charge in [0.1, 0.15) is 11.1 Å². The molecule has 0 unspecified atom stereocenters. The van der Waals surface area contributed by atoms with Gasteiger partial charge in [-0.1, -0.05) is 43.2 Å². The van der Waals surface area contributed by atoms with Crippen LogP contribution in [-0.4, -0.2) is 18.5 Å². The molecule has 0 radical (unpaired) electrons. The number of hydrogen-bond acceptors (Lipinski definition) is 5. The van der Waals surface area contributed by atoms with Crippen LogP contribution in [0.2, 0.25) is 0 Å². The van der Waals surface area contributed by atoms with E-state index in [-0.39, 0.29) is 12.6 Å². The molecular weight excluding hydrogens is 384 g/mol. The Morgan fingerprint density at radius 2 is 1.83 bits per heavy atom. The fourth-order valence-electron chi connectivity index (χ4n) is 4.55. The highest BCUT2D eigenvalue weighted by molar-refractivity contribution is 7.16. The third kappa shape index (κ3) is 3.79. The van der Waals surface area contributed by atoms with Crippen LogP contribution in [0.4, 0.5) is 5.00 Å². The van der Waals surface area contributed by atoms with Crippen LogP contribution in [0, 0.1) is 11.3 Å². The summed E-state index contributed by atoms with van der Waals surface area (Å²) < 4.78 is 5.46. The SMILES string of the molecule is N#Cc1c(NC(=O)COC(=O)C2(c3ccccc3)CCCC2)sc2c1CCCC2. The van der Waals surface area contributed by atoms with Gasteiger partial charge in [-0.05, 0) is 49.7 Å². The summed E-state index contributed by atoms with van der Waals surface area (Å²) in [6.45, 7) is -0.332. The van der Waals surface area contributed by atoms with E-state index in [0.717, 1.165) is 62.5 Å². The van der Waals surface area contributed by atoms with Crippen molar-refractivity contribution >= 4 is 28.2 Å². The van der Waals surface area contributed by atoms with Gasteiger partial charge in [0.25, 0.3) is 5.91 Å². The molecule has 150 valence electrons. The van der Waals surface area contributed by atoms with E-state index >= 15 is 0 Å². The first kappa shape index (κ1) is 19.7. The molecule has 1 aromatic carbocycles. The van der Waals surface area contributed by atoms with Gasteiger partial charge in [-0.2, -0.15) is 5.26 Å². The average molecular weight is 409 g/mol. The number of nitrogens with zero attached hydrogens (tertiary/aromatic N) is 1. The van der Waals surface area contributed by atoms with Gasteiger partial charge >= 0.3 is 5.97 Å². The van der Waals surface area contributed by atoms with Gasteiger partial charge in [0.05, 0.1) is 11.0 Å². The molecule has 0 spiro atoms. The normalized spacial score (nSPS) is 17.2. The van der Waals surface area contributed by atoms with E-state index in [1.807, 2.05) is 30.3 Å². The predicted molar refractivity (Wildman–Crippen MR) is 112 cm³/mol. The molecule has 29 heavy (non-hydrogen) atoms. The number of hydrogen-bond donors (Lipinski definition) is 1. The molecule has 2 aliphatic carbocycles. The average Bonchev–Trinajstić information content (AvgIpc) is 3.38. The number of rotatable bonds is 5. The monoisotopic (exact) mass is 408 g/mol. The number of nitriles is 1. The molecule has 4 rings (SSSR count). The second-order valence-electron chi connectivity index (χ2n) is 7.81. The van der Waals surface area contributed by atoms with Crippen molar-refractivity contribution < 1.29 is 14.3 Å². The molecular formula is C23H24N2O3S. The number of fused-ring (bicyclic) bond motifs is 1. The quantitative estimate of drug-likeness (QED) is 0.739. The number of amides is 1. The van der Waals surface area contributed by atoms with Gasteiger partial charge in [0.2, 0.25) is 0 Å². The van der Waals surface area contributed by atoms with E-state index < -0.39 is 11.3 Å². The first-order chi connectivity index (χ1) is 14.1. The van der Waals surface area contributed by atoms with Gasteiger partial charge in [0.15, 0.2) is 6.61 Å². The third-order valence-corrected chi connectivity index (χ3v) is 7.25. The number of carbonyl (C=O) groups is 2. The number of nitrogens with one attached hydrogen (secondary N) is 1. The summed E-state index contributed by atoms with van der Waals surface area (Å²) in [5.41, 5.74) is 1.95. The van der Waals surface area contributed by atoms with Crippen molar-refractivity contribution in [2.45, 2.75) is 56.8 Å². The molecule has 0 bridgehead atoms. The molecule has 0 saturated heterocycles. The van der Waals surface area contributed by atoms with Crippen molar-refractivity contribution in [1.82, 2.24) is 0 Å². The lowest BCUT2D eigenvalue weighted by molar-refractivity contribution is -0.153. The summed E-state index contributed by atoms with van der Waals surface area (Å²) in [6.07, 6.45) is 7.47. The van der Waals surface area contributed by atoms with Gasteiger partial charge in [-0.25, -0.2) is 0 Å². The van der Waals surface area contributed by atoms with Crippen molar-refractivity contribution in [3.63, 3.8) is 0 Å². The van der Waals surface area contributed by atoms with E-state index in [2.05, 4.69) is 11.4 Å². The first-order valence-corrected chi connectivity index (χ1v) is 11.0. The van der Waals surface area contributed by atoms with Crippen LogP contribution in [0.3, 0.4) is 0 Å². The summed E-state index contributed by atoms with van der Waals surface area (Å²) in [6, 6.07) is 11.9. The van der Waals surface area contributed by atoms with Crippen LogP contribution in [0.1, 0.15) is 60.1 Å². The predicted octanol–water partition coefficient (Wildman–Crippen LogP) is 4.49. The van der Waals surface area contributed by atoms with Crippen LogP contribution < -0.4 is 5.32 Å². The molecule has 2 aliphatic rings. The summed E-state index contributed by atoms with van der Waals surface area (Å²) >= 11 is 1.48. The minimum absolute atomic E-state index is 0.331. The Morgan fingerprint density at radius 1 is 1.10 bits per heavy atom. The van der Waals surface area contributed by atoms with Gasteiger partial charge < -0.3 is 10.1 Å². The second kappa shape index (κ2) is 8.38. The minimum Gasteiger partial charge on any atom is -0.455 e. The zero-order valence-corrected chi connectivity index (χ0v) is 17.1. The number of esters is 1. The number of anilines is 1. The van der Waals surface area contributed by atoms with E-state index in [0.29, 0.717) is 10.6 Å². The van der Waals surface area contributed by atoms with Crippen molar-refractivity contribution in [1.29, 1.82) is 5.26 Å². The second-order valence-corrected chi connectivity index (χ2v) is 8.91. The molecule has 1 saturated carbocycles. The minimum atomic E-state index is -0.651. The maximum absolute atomic E-state index is 13.0. The van der Waals surface area contributed by atoms with Crippen LogP contribution in [0.15, 0.2) is 30.3 Å². The van der Waals surface area contributed by atoms with E-state index in [9.17, 15) is 14.9 Å². The molecule has 0 atom stereocenters. The maximum atomic E-state index is 13.0. The Balaban J connectivity index is 1.43. The number of aryl methyl sites for hydroxylation is 1. The molecule has 1 aromatic heterocycles.